The molecule has 41 heavy (non-hydrogen) atoms. The fourth-order valence-electron chi connectivity index (χ4n) is 14.5. The molecule has 3 heteroatoms. The molecule has 0 radical (unpaired) electrons. The first-order valence-corrected chi connectivity index (χ1v) is 18.3. The Morgan fingerprint density at radius 1 is 0.512 bits per heavy atom. The van der Waals surface area contributed by atoms with Gasteiger partial charge >= 0.3 is 0 Å². The lowest BCUT2D eigenvalue weighted by Gasteiger charge is -2.61. The van der Waals surface area contributed by atoms with Gasteiger partial charge in [0.25, 0.3) is 0 Å². The Hall–Kier alpha value is -0.700. The fraction of sp³-hybridized carbons (Fsp3) is 0.947. The predicted octanol–water partition coefficient (Wildman–Crippen LogP) is 8.96. The second kappa shape index (κ2) is 9.40. The van der Waals surface area contributed by atoms with E-state index in [-0.39, 0.29) is 10.8 Å². The minimum Gasteiger partial charge on any atom is -0.375 e. The Morgan fingerprint density at radius 3 is 1.39 bits per heavy atom. The summed E-state index contributed by atoms with van der Waals surface area (Å²) in [6.07, 6.45) is 23.1. The van der Waals surface area contributed by atoms with Gasteiger partial charge < -0.3 is 4.74 Å². The van der Waals surface area contributed by atoms with Crippen molar-refractivity contribution in [2.45, 2.75) is 155 Å². The molecule has 0 aromatic heterocycles. The largest absolute Gasteiger partial charge is 0.375 e. The normalized spacial score (nSPS) is 58.0. The fourth-order valence-corrected chi connectivity index (χ4v) is 14.5. The standard InChI is InChI=1S/C38H58O3/c1-35-17-13-25(21-23(35)5-7-27-29-9-11-33(39)37(29,3)19-15-31(27)35)41-26-14-18-36(2)24(22-26)6-8-28-30-10-12-34(40)38(30,4)20-16-32(28)36/h23-32H,5-22H2,1-4H3/t23?,24?,25-,26-,27?,28?,29?,30?,31?,32?,35+,36+,37+,38+/m1/s1. The zero-order chi connectivity index (χ0) is 28.4. The Labute approximate surface area is 250 Å². The zero-order valence-corrected chi connectivity index (χ0v) is 26.7. The molecule has 8 fully saturated rings. The molecule has 228 valence electrons. The molecular formula is C38H58O3. The van der Waals surface area contributed by atoms with Crippen LogP contribution >= 0.6 is 0 Å². The zero-order valence-electron chi connectivity index (χ0n) is 26.7. The number of carbonyl (C=O) groups excluding carboxylic acids is 2. The predicted molar refractivity (Wildman–Crippen MR) is 162 cm³/mol. The van der Waals surface area contributed by atoms with Crippen molar-refractivity contribution < 1.29 is 14.3 Å². The topological polar surface area (TPSA) is 43.4 Å². The van der Waals surface area contributed by atoms with Crippen molar-refractivity contribution in [3.05, 3.63) is 0 Å². The summed E-state index contributed by atoms with van der Waals surface area (Å²) in [4.78, 5) is 25.6. The summed E-state index contributed by atoms with van der Waals surface area (Å²) in [5.74, 6) is 7.40. The van der Waals surface area contributed by atoms with Gasteiger partial charge in [0.15, 0.2) is 0 Å². The van der Waals surface area contributed by atoms with Gasteiger partial charge in [0, 0.05) is 23.7 Å². The highest BCUT2D eigenvalue weighted by atomic mass is 16.5. The van der Waals surface area contributed by atoms with Crippen molar-refractivity contribution >= 4 is 11.6 Å². The lowest BCUT2D eigenvalue weighted by atomic mass is 9.45. The van der Waals surface area contributed by atoms with E-state index in [4.69, 9.17) is 4.74 Å². The lowest BCUT2D eigenvalue weighted by molar-refractivity contribution is -0.166. The summed E-state index contributed by atoms with van der Waals surface area (Å²) in [6.45, 7) is 9.96. The Kier molecular flexibility index (Phi) is 6.38. The van der Waals surface area contributed by atoms with E-state index in [1.165, 1.54) is 89.9 Å². The van der Waals surface area contributed by atoms with Crippen LogP contribution in [0.5, 0.6) is 0 Å². The molecule has 0 N–H and O–H groups in total. The molecule has 0 saturated heterocycles. The highest BCUT2D eigenvalue weighted by molar-refractivity contribution is 5.87. The van der Waals surface area contributed by atoms with Crippen LogP contribution in [0.25, 0.3) is 0 Å². The highest BCUT2D eigenvalue weighted by Crippen LogP contribution is 2.67. The molecule has 8 rings (SSSR count). The molecule has 8 aliphatic carbocycles. The molecule has 0 spiro atoms. The third kappa shape index (κ3) is 3.84. The number of carbonyl (C=O) groups is 2. The number of Topliss-reactive ketones (excluding diaryl/α,β-unsaturated/α-hetero) is 2. The number of ether oxygens (including phenoxy) is 1. The van der Waals surface area contributed by atoms with Crippen molar-refractivity contribution in [2.75, 3.05) is 0 Å². The van der Waals surface area contributed by atoms with E-state index >= 15 is 0 Å². The Balaban J connectivity index is 0.904. The van der Waals surface area contributed by atoms with Crippen LogP contribution in [0.4, 0.5) is 0 Å². The molecule has 0 aliphatic heterocycles. The molecule has 0 aromatic rings. The smallest absolute Gasteiger partial charge is 0.139 e. The summed E-state index contributed by atoms with van der Waals surface area (Å²) in [5, 5.41) is 0. The summed E-state index contributed by atoms with van der Waals surface area (Å²) in [6, 6.07) is 0. The second-order valence-electron chi connectivity index (χ2n) is 18.1. The van der Waals surface area contributed by atoms with E-state index in [9.17, 15) is 9.59 Å². The molecule has 0 bridgehead atoms. The van der Waals surface area contributed by atoms with Crippen LogP contribution in [0.15, 0.2) is 0 Å². The SMILES string of the molecule is C[C@]12CC[C@@H](O[C@@H]3CC[C@@]4(C)C(CCC5C4CC[C@]4(C)C(=O)CCC54)C3)CC1CCC1C2CC[C@]2(C)C(=O)CCC12. The third-order valence-corrected chi connectivity index (χ3v) is 17.0. The highest BCUT2D eigenvalue weighted by Gasteiger charge is 2.62. The van der Waals surface area contributed by atoms with Crippen molar-refractivity contribution in [1.29, 1.82) is 0 Å². The maximum Gasteiger partial charge on any atom is 0.139 e. The van der Waals surface area contributed by atoms with Gasteiger partial charge in [-0.1, -0.05) is 27.7 Å². The molecule has 0 aromatic carbocycles. The van der Waals surface area contributed by atoms with Crippen molar-refractivity contribution in [3.63, 3.8) is 0 Å². The maximum atomic E-state index is 12.8. The Morgan fingerprint density at radius 2 is 0.951 bits per heavy atom. The summed E-state index contributed by atoms with van der Waals surface area (Å²) in [7, 11) is 0. The van der Waals surface area contributed by atoms with Gasteiger partial charge in [-0.15, -0.1) is 0 Å². The number of hydrogen-bond donors (Lipinski definition) is 0. The monoisotopic (exact) mass is 562 g/mol. The molecule has 3 nitrogen and oxygen atoms in total. The minimum atomic E-state index is 0.00507. The van der Waals surface area contributed by atoms with E-state index in [1.54, 1.807) is 0 Å². The van der Waals surface area contributed by atoms with Gasteiger partial charge in [-0.2, -0.15) is 0 Å². The molecule has 8 aliphatic rings. The number of ketones is 2. The molecule has 8 unspecified atom stereocenters. The van der Waals surface area contributed by atoms with E-state index in [0.717, 1.165) is 61.2 Å². The summed E-state index contributed by atoms with van der Waals surface area (Å²) in [5.41, 5.74) is 0.947. The van der Waals surface area contributed by atoms with Gasteiger partial charge in [0.2, 0.25) is 0 Å². The quantitative estimate of drug-likeness (QED) is 0.337. The minimum absolute atomic E-state index is 0.00507. The first-order chi connectivity index (χ1) is 19.6. The summed E-state index contributed by atoms with van der Waals surface area (Å²) >= 11 is 0. The van der Waals surface area contributed by atoms with E-state index in [1.807, 2.05) is 0 Å². The first-order valence-electron chi connectivity index (χ1n) is 18.3. The molecule has 8 saturated carbocycles. The van der Waals surface area contributed by atoms with Crippen LogP contribution in [0.2, 0.25) is 0 Å². The van der Waals surface area contributed by atoms with Crippen molar-refractivity contribution in [1.82, 2.24) is 0 Å². The number of hydrogen-bond acceptors (Lipinski definition) is 3. The van der Waals surface area contributed by atoms with Crippen LogP contribution in [0.1, 0.15) is 143 Å². The van der Waals surface area contributed by atoms with E-state index in [0.29, 0.717) is 46.4 Å². The van der Waals surface area contributed by atoms with Crippen molar-refractivity contribution in [3.8, 4) is 0 Å². The van der Waals surface area contributed by atoms with Crippen LogP contribution < -0.4 is 0 Å². The van der Waals surface area contributed by atoms with Crippen LogP contribution in [0, 0.1) is 69.0 Å². The van der Waals surface area contributed by atoms with Crippen LogP contribution in [0.3, 0.4) is 0 Å². The molecule has 0 amide bonds. The van der Waals surface area contributed by atoms with E-state index < -0.39 is 0 Å². The molecule has 14 atom stereocenters. The number of rotatable bonds is 2. The molecule has 0 heterocycles. The average molecular weight is 563 g/mol. The van der Waals surface area contributed by atoms with Crippen LogP contribution in [-0.4, -0.2) is 23.8 Å². The summed E-state index contributed by atoms with van der Waals surface area (Å²) < 4.78 is 7.10. The average Bonchev–Trinajstić information content (AvgIpc) is 3.43. The second-order valence-corrected chi connectivity index (χ2v) is 18.1. The third-order valence-electron chi connectivity index (χ3n) is 17.0. The van der Waals surface area contributed by atoms with Gasteiger partial charge in [-0.3, -0.25) is 9.59 Å². The van der Waals surface area contributed by atoms with Gasteiger partial charge in [-0.05, 0) is 161 Å². The van der Waals surface area contributed by atoms with Gasteiger partial charge in [-0.25, -0.2) is 0 Å². The van der Waals surface area contributed by atoms with Crippen molar-refractivity contribution in [2.24, 2.45) is 69.0 Å². The number of fused-ring (bicyclic) bond motifs is 10. The van der Waals surface area contributed by atoms with Gasteiger partial charge in [0.05, 0.1) is 12.2 Å². The maximum absolute atomic E-state index is 12.8. The first kappa shape index (κ1) is 27.8. The van der Waals surface area contributed by atoms with Crippen LogP contribution in [-0.2, 0) is 14.3 Å². The van der Waals surface area contributed by atoms with Gasteiger partial charge in [0.1, 0.15) is 11.6 Å². The van der Waals surface area contributed by atoms with E-state index in [2.05, 4.69) is 27.7 Å². The molecular weight excluding hydrogens is 504 g/mol. The Bertz CT molecular complexity index is 1010. The lowest BCUT2D eigenvalue weighted by Crippen LogP contribution is -2.55.